The van der Waals surface area contributed by atoms with Crippen LogP contribution in [0.1, 0.15) is 36.0 Å². The minimum absolute atomic E-state index is 0.202. The molecule has 2 heterocycles. The summed E-state index contributed by atoms with van der Waals surface area (Å²) in [5.41, 5.74) is 1.50. The van der Waals surface area contributed by atoms with Crippen LogP contribution in [0, 0.1) is 0 Å². The molecule has 0 radical (unpaired) electrons. The second-order valence-electron chi connectivity index (χ2n) is 7.18. The Kier molecular flexibility index (Phi) is 5.60. The van der Waals surface area contributed by atoms with Gasteiger partial charge in [-0.2, -0.15) is 4.31 Å². The number of rotatable bonds is 4. The average Bonchev–Trinajstić information content (AvgIpc) is 3.04. The van der Waals surface area contributed by atoms with E-state index in [1.165, 1.54) is 6.07 Å². The molecular formula is C22H23N3O3S. The van der Waals surface area contributed by atoms with Gasteiger partial charge < -0.3 is 5.32 Å². The molecule has 1 amide bonds. The summed E-state index contributed by atoms with van der Waals surface area (Å²) in [6.45, 7) is 1.08. The van der Waals surface area contributed by atoms with Crippen LogP contribution >= 0.6 is 0 Å². The van der Waals surface area contributed by atoms with E-state index in [1.807, 2.05) is 18.2 Å². The lowest BCUT2D eigenvalue weighted by molar-refractivity contribution is 0.102. The van der Waals surface area contributed by atoms with E-state index in [9.17, 15) is 13.2 Å². The molecule has 1 aliphatic rings. The number of para-hydroxylation sites is 1. The monoisotopic (exact) mass is 409 g/mol. The fourth-order valence-corrected chi connectivity index (χ4v) is 5.21. The van der Waals surface area contributed by atoms with Crippen LogP contribution in [0.5, 0.6) is 0 Å². The first kappa shape index (κ1) is 19.5. The molecule has 0 bridgehead atoms. The zero-order valence-electron chi connectivity index (χ0n) is 16.0. The molecule has 0 unspecified atom stereocenters. The number of anilines is 1. The molecule has 6 nitrogen and oxygen atoms in total. The minimum Gasteiger partial charge on any atom is -0.322 e. The van der Waals surface area contributed by atoms with Crippen molar-refractivity contribution < 1.29 is 13.2 Å². The molecule has 1 N–H and O–H groups in total. The molecule has 0 spiro atoms. The summed E-state index contributed by atoms with van der Waals surface area (Å²) < 4.78 is 27.6. The molecule has 1 saturated heterocycles. The predicted molar refractivity (Wildman–Crippen MR) is 113 cm³/mol. The van der Waals surface area contributed by atoms with Crippen LogP contribution in [0.4, 0.5) is 5.69 Å². The third kappa shape index (κ3) is 4.16. The van der Waals surface area contributed by atoms with Crippen LogP contribution in [0.2, 0.25) is 0 Å². The van der Waals surface area contributed by atoms with Crippen LogP contribution in [0.25, 0.3) is 10.9 Å². The maximum Gasteiger partial charge on any atom is 0.257 e. The average molecular weight is 410 g/mol. The van der Waals surface area contributed by atoms with Crippen LogP contribution < -0.4 is 5.32 Å². The van der Waals surface area contributed by atoms with Gasteiger partial charge in [0.05, 0.1) is 16.0 Å². The molecule has 2 aromatic carbocycles. The fraction of sp³-hybridized carbons (Fsp3) is 0.273. The van der Waals surface area contributed by atoms with Gasteiger partial charge in [-0.25, -0.2) is 8.42 Å². The highest BCUT2D eigenvalue weighted by atomic mass is 32.2. The molecule has 0 atom stereocenters. The third-order valence-corrected chi connectivity index (χ3v) is 7.07. The molecule has 1 aliphatic heterocycles. The molecule has 7 heteroatoms. The Morgan fingerprint density at radius 3 is 2.45 bits per heavy atom. The number of pyridine rings is 1. The van der Waals surface area contributed by atoms with Crippen molar-refractivity contribution in [3.63, 3.8) is 0 Å². The Morgan fingerprint density at radius 1 is 0.931 bits per heavy atom. The number of nitrogens with zero attached hydrogens (tertiary/aromatic N) is 2. The van der Waals surface area contributed by atoms with Crippen molar-refractivity contribution in [1.82, 2.24) is 9.29 Å². The van der Waals surface area contributed by atoms with Crippen molar-refractivity contribution in [2.75, 3.05) is 18.4 Å². The fourth-order valence-electron chi connectivity index (χ4n) is 3.65. The number of carbonyl (C=O) groups excluding carboxylic acids is 1. The Balaban J connectivity index is 1.59. The van der Waals surface area contributed by atoms with Gasteiger partial charge in [0.15, 0.2) is 0 Å². The maximum atomic E-state index is 13.0. The summed E-state index contributed by atoms with van der Waals surface area (Å²) in [5.74, 6) is -0.321. The van der Waals surface area contributed by atoms with Crippen LogP contribution in [-0.4, -0.2) is 36.7 Å². The van der Waals surface area contributed by atoms with E-state index in [4.69, 9.17) is 0 Å². The summed E-state index contributed by atoms with van der Waals surface area (Å²) in [4.78, 5) is 17.3. The van der Waals surface area contributed by atoms with Crippen molar-refractivity contribution in [2.45, 2.75) is 30.6 Å². The van der Waals surface area contributed by atoms with Crippen LogP contribution in [0.15, 0.2) is 65.7 Å². The Bertz CT molecular complexity index is 1130. The van der Waals surface area contributed by atoms with Crippen molar-refractivity contribution in [3.8, 4) is 0 Å². The summed E-state index contributed by atoms with van der Waals surface area (Å²) in [5, 5.41) is 3.69. The quantitative estimate of drug-likeness (QED) is 0.705. The van der Waals surface area contributed by atoms with E-state index in [1.54, 1.807) is 40.8 Å². The third-order valence-electron chi connectivity index (χ3n) is 5.17. The zero-order chi connectivity index (χ0) is 20.3. The molecule has 29 heavy (non-hydrogen) atoms. The van der Waals surface area contributed by atoms with E-state index in [0.717, 1.165) is 31.1 Å². The summed E-state index contributed by atoms with van der Waals surface area (Å²) in [6, 6.07) is 15.6. The second kappa shape index (κ2) is 8.31. The first-order valence-electron chi connectivity index (χ1n) is 9.81. The normalized spacial score (nSPS) is 15.7. The van der Waals surface area contributed by atoms with Gasteiger partial charge in [-0.05, 0) is 43.2 Å². The number of nitrogens with one attached hydrogen (secondary N) is 1. The van der Waals surface area contributed by atoms with Gasteiger partial charge in [-0.1, -0.05) is 37.1 Å². The van der Waals surface area contributed by atoms with Gasteiger partial charge in [-0.15, -0.1) is 0 Å². The van der Waals surface area contributed by atoms with E-state index in [0.29, 0.717) is 29.9 Å². The van der Waals surface area contributed by atoms with E-state index >= 15 is 0 Å². The maximum absolute atomic E-state index is 13.0. The van der Waals surface area contributed by atoms with E-state index in [2.05, 4.69) is 10.3 Å². The number of fused-ring (bicyclic) bond motifs is 1. The Hall–Kier alpha value is -2.77. The van der Waals surface area contributed by atoms with Crippen molar-refractivity contribution >= 4 is 32.5 Å². The highest BCUT2D eigenvalue weighted by Gasteiger charge is 2.25. The molecule has 1 aromatic heterocycles. The standard InChI is InChI=1S/C22H23N3O3S/c26-22(20-12-5-8-17-9-7-13-23-21(17)20)24-18-10-6-11-19(16-18)29(27,28)25-14-3-1-2-4-15-25/h5-13,16H,1-4,14-15H2,(H,24,26). The molecule has 4 rings (SSSR count). The predicted octanol–water partition coefficient (Wildman–Crippen LogP) is 4.05. The number of carbonyl (C=O) groups is 1. The van der Waals surface area contributed by atoms with Gasteiger partial charge in [0.1, 0.15) is 0 Å². The number of hydrogen-bond acceptors (Lipinski definition) is 4. The van der Waals surface area contributed by atoms with E-state index in [-0.39, 0.29) is 10.8 Å². The van der Waals surface area contributed by atoms with Gasteiger partial charge in [0, 0.05) is 30.4 Å². The first-order chi connectivity index (χ1) is 14.1. The zero-order valence-corrected chi connectivity index (χ0v) is 16.9. The highest BCUT2D eigenvalue weighted by Crippen LogP contribution is 2.24. The number of hydrogen-bond donors (Lipinski definition) is 1. The van der Waals surface area contributed by atoms with Gasteiger partial charge in [-0.3, -0.25) is 9.78 Å². The van der Waals surface area contributed by atoms with Crippen molar-refractivity contribution in [1.29, 1.82) is 0 Å². The highest BCUT2D eigenvalue weighted by molar-refractivity contribution is 7.89. The molecular weight excluding hydrogens is 386 g/mol. The lowest BCUT2D eigenvalue weighted by Crippen LogP contribution is -2.32. The van der Waals surface area contributed by atoms with Crippen molar-refractivity contribution in [3.05, 3.63) is 66.4 Å². The topological polar surface area (TPSA) is 79.4 Å². The molecule has 3 aromatic rings. The van der Waals surface area contributed by atoms with Crippen LogP contribution in [-0.2, 0) is 10.0 Å². The van der Waals surface area contributed by atoms with Gasteiger partial charge in [0.2, 0.25) is 10.0 Å². The molecule has 0 saturated carbocycles. The summed E-state index contributed by atoms with van der Waals surface area (Å²) in [7, 11) is -3.57. The number of amides is 1. The van der Waals surface area contributed by atoms with Crippen molar-refractivity contribution in [2.24, 2.45) is 0 Å². The largest absolute Gasteiger partial charge is 0.322 e. The summed E-state index contributed by atoms with van der Waals surface area (Å²) in [6.07, 6.45) is 5.52. The number of aromatic nitrogens is 1. The van der Waals surface area contributed by atoms with Gasteiger partial charge in [0.25, 0.3) is 5.91 Å². The first-order valence-corrected chi connectivity index (χ1v) is 11.2. The van der Waals surface area contributed by atoms with Gasteiger partial charge >= 0.3 is 0 Å². The lowest BCUT2D eigenvalue weighted by Gasteiger charge is -2.20. The second-order valence-corrected chi connectivity index (χ2v) is 9.12. The SMILES string of the molecule is O=C(Nc1cccc(S(=O)(=O)N2CCCCCC2)c1)c1cccc2cccnc12. The number of sulfonamides is 1. The Labute approximate surface area is 170 Å². The molecule has 150 valence electrons. The molecule has 0 aliphatic carbocycles. The lowest BCUT2D eigenvalue weighted by atomic mass is 10.1. The number of benzene rings is 2. The molecule has 1 fully saturated rings. The van der Waals surface area contributed by atoms with Crippen LogP contribution in [0.3, 0.4) is 0 Å². The van der Waals surface area contributed by atoms with E-state index < -0.39 is 10.0 Å². The summed E-state index contributed by atoms with van der Waals surface area (Å²) >= 11 is 0. The smallest absolute Gasteiger partial charge is 0.257 e. The minimum atomic E-state index is -3.57. The Morgan fingerprint density at radius 2 is 1.66 bits per heavy atom.